The summed E-state index contributed by atoms with van der Waals surface area (Å²) in [5.41, 5.74) is 0. The minimum absolute atomic E-state index is 0.296. The first-order valence-corrected chi connectivity index (χ1v) is 6.95. The maximum absolute atomic E-state index is 11.4. The molecule has 1 aliphatic heterocycles. The number of hydrogen-bond acceptors (Lipinski definition) is 10. The quantitative estimate of drug-likeness (QED) is 0.356. The second-order valence-corrected chi connectivity index (χ2v) is 4.94. The molecule has 5 unspecified atom stereocenters. The van der Waals surface area contributed by atoms with Crippen molar-refractivity contribution in [3.05, 3.63) is 0 Å². The zero-order valence-electron chi connectivity index (χ0n) is 13.5. The molecule has 0 bridgehead atoms. The van der Waals surface area contributed by atoms with Gasteiger partial charge in [-0.1, -0.05) is 0 Å². The third-order valence-corrected chi connectivity index (χ3v) is 2.85. The largest absolute Gasteiger partial charge is 0.455 e. The predicted molar refractivity (Wildman–Crippen MR) is 73.2 cm³/mol. The number of esters is 4. The van der Waals surface area contributed by atoms with Gasteiger partial charge in [0, 0.05) is 27.7 Å². The summed E-state index contributed by atoms with van der Waals surface area (Å²) in [5.74, 6) is -3.14. The second-order valence-electron chi connectivity index (χ2n) is 4.94. The number of ether oxygens (including phenoxy) is 5. The number of carbonyl (C=O) groups is 5. The lowest BCUT2D eigenvalue weighted by Gasteiger charge is -2.42. The SMILES string of the molecule is CC(=O)OC1OC(C=O)C(OC(C)=O)C(OC(C)=O)C1OC(C)=O. The predicted octanol–water partition coefficient (Wildman–Crippen LogP) is -0.732. The zero-order chi connectivity index (χ0) is 18.4. The Morgan fingerprint density at radius 1 is 0.708 bits per heavy atom. The number of carbonyl (C=O) groups excluding carboxylic acids is 5. The average Bonchev–Trinajstić information content (AvgIpc) is 2.42. The van der Waals surface area contributed by atoms with Crippen LogP contribution < -0.4 is 0 Å². The maximum Gasteiger partial charge on any atom is 0.305 e. The van der Waals surface area contributed by atoms with Gasteiger partial charge >= 0.3 is 23.9 Å². The van der Waals surface area contributed by atoms with Crippen molar-refractivity contribution in [2.45, 2.75) is 58.4 Å². The van der Waals surface area contributed by atoms with Gasteiger partial charge < -0.3 is 28.5 Å². The fourth-order valence-corrected chi connectivity index (χ4v) is 2.17. The minimum atomic E-state index is -1.52. The van der Waals surface area contributed by atoms with Crippen LogP contribution in [0.5, 0.6) is 0 Å². The second kappa shape index (κ2) is 8.39. The van der Waals surface area contributed by atoms with Gasteiger partial charge in [0.1, 0.15) is 0 Å². The molecule has 0 aromatic rings. The van der Waals surface area contributed by atoms with Crippen LogP contribution in [0.2, 0.25) is 0 Å². The van der Waals surface area contributed by atoms with E-state index in [2.05, 4.69) is 0 Å². The Labute approximate surface area is 137 Å². The van der Waals surface area contributed by atoms with Gasteiger partial charge in [0.05, 0.1) is 0 Å². The topological polar surface area (TPSA) is 132 Å². The molecule has 134 valence electrons. The van der Waals surface area contributed by atoms with Crippen LogP contribution in [0.4, 0.5) is 0 Å². The van der Waals surface area contributed by atoms with Crippen LogP contribution in [0.15, 0.2) is 0 Å². The van der Waals surface area contributed by atoms with Crippen molar-refractivity contribution >= 4 is 30.2 Å². The first kappa shape index (κ1) is 19.6. The number of aldehydes is 1. The highest BCUT2D eigenvalue weighted by Crippen LogP contribution is 2.28. The van der Waals surface area contributed by atoms with Gasteiger partial charge in [0.25, 0.3) is 0 Å². The number of hydrogen-bond donors (Lipinski definition) is 0. The highest BCUT2D eigenvalue weighted by atomic mass is 16.7. The highest BCUT2D eigenvalue weighted by Gasteiger charge is 2.53. The van der Waals surface area contributed by atoms with Crippen LogP contribution in [-0.2, 0) is 47.7 Å². The van der Waals surface area contributed by atoms with E-state index in [-0.39, 0.29) is 0 Å². The Morgan fingerprint density at radius 3 is 1.54 bits per heavy atom. The van der Waals surface area contributed by atoms with Gasteiger partial charge in [-0.2, -0.15) is 0 Å². The third kappa shape index (κ3) is 5.30. The van der Waals surface area contributed by atoms with E-state index in [4.69, 9.17) is 23.7 Å². The van der Waals surface area contributed by atoms with Crippen LogP contribution in [0.1, 0.15) is 27.7 Å². The molecule has 1 rings (SSSR count). The van der Waals surface area contributed by atoms with E-state index >= 15 is 0 Å². The maximum atomic E-state index is 11.4. The standard InChI is InChI=1S/C14H18O10/c1-6(16)20-11-10(5-15)24-14(23-9(4)19)13(22-8(3)18)12(11)21-7(2)17/h5,10-14H,1-4H3. The molecular formula is C14H18O10. The Bertz CT molecular complexity index is 528. The molecular weight excluding hydrogens is 328 g/mol. The van der Waals surface area contributed by atoms with Gasteiger partial charge in [0.2, 0.25) is 12.4 Å². The molecule has 0 radical (unpaired) electrons. The summed E-state index contributed by atoms with van der Waals surface area (Å²) in [6.07, 6.45) is -6.81. The first-order valence-electron chi connectivity index (χ1n) is 6.95. The van der Waals surface area contributed by atoms with Crippen molar-refractivity contribution in [2.75, 3.05) is 0 Å². The van der Waals surface area contributed by atoms with Crippen molar-refractivity contribution < 1.29 is 47.7 Å². The van der Waals surface area contributed by atoms with Crippen LogP contribution in [0.25, 0.3) is 0 Å². The minimum Gasteiger partial charge on any atom is -0.455 e. The molecule has 0 N–H and O–H groups in total. The summed E-state index contributed by atoms with van der Waals surface area (Å²) in [5, 5.41) is 0. The monoisotopic (exact) mass is 346 g/mol. The lowest BCUT2D eigenvalue weighted by molar-refractivity contribution is -0.288. The Kier molecular flexibility index (Phi) is 6.83. The van der Waals surface area contributed by atoms with Gasteiger partial charge in [-0.25, -0.2) is 0 Å². The van der Waals surface area contributed by atoms with E-state index in [1.54, 1.807) is 0 Å². The third-order valence-electron chi connectivity index (χ3n) is 2.85. The van der Waals surface area contributed by atoms with Crippen molar-refractivity contribution in [2.24, 2.45) is 0 Å². The number of rotatable bonds is 5. The fourth-order valence-electron chi connectivity index (χ4n) is 2.17. The summed E-state index contributed by atoms with van der Waals surface area (Å²) in [4.78, 5) is 56.4. The van der Waals surface area contributed by atoms with Crippen molar-refractivity contribution in [1.82, 2.24) is 0 Å². The normalized spacial score (nSPS) is 29.1. The van der Waals surface area contributed by atoms with Crippen LogP contribution in [0, 0.1) is 0 Å². The smallest absolute Gasteiger partial charge is 0.305 e. The molecule has 24 heavy (non-hydrogen) atoms. The molecule has 0 aromatic carbocycles. The van der Waals surface area contributed by atoms with Gasteiger partial charge in [-0.3, -0.25) is 19.2 Å². The summed E-state index contributed by atoms with van der Waals surface area (Å²) in [6.45, 7) is 4.29. The molecule has 1 aliphatic rings. The van der Waals surface area contributed by atoms with E-state index in [0.717, 1.165) is 27.7 Å². The molecule has 10 heteroatoms. The summed E-state index contributed by atoms with van der Waals surface area (Å²) in [7, 11) is 0. The molecule has 0 saturated carbocycles. The Balaban J connectivity index is 3.25. The molecule has 0 aromatic heterocycles. The highest BCUT2D eigenvalue weighted by molar-refractivity contribution is 5.70. The molecule has 0 amide bonds. The summed E-state index contributed by atoms with van der Waals surface area (Å²) < 4.78 is 25.1. The van der Waals surface area contributed by atoms with Gasteiger partial charge in [-0.15, -0.1) is 0 Å². The van der Waals surface area contributed by atoms with Crippen molar-refractivity contribution in [3.8, 4) is 0 Å². The molecule has 0 aliphatic carbocycles. The van der Waals surface area contributed by atoms with E-state index in [1.807, 2.05) is 0 Å². The molecule has 1 fully saturated rings. The van der Waals surface area contributed by atoms with E-state index in [9.17, 15) is 24.0 Å². The molecule has 1 heterocycles. The van der Waals surface area contributed by atoms with Crippen LogP contribution in [-0.4, -0.2) is 60.9 Å². The molecule has 0 spiro atoms. The van der Waals surface area contributed by atoms with Crippen molar-refractivity contribution in [3.63, 3.8) is 0 Å². The fraction of sp³-hybridized carbons (Fsp3) is 0.643. The summed E-state index contributed by atoms with van der Waals surface area (Å²) in [6, 6.07) is 0. The Morgan fingerprint density at radius 2 is 1.12 bits per heavy atom. The lowest BCUT2D eigenvalue weighted by Crippen LogP contribution is -2.62. The van der Waals surface area contributed by atoms with Gasteiger partial charge in [0.15, 0.2) is 24.6 Å². The van der Waals surface area contributed by atoms with Crippen LogP contribution in [0.3, 0.4) is 0 Å². The average molecular weight is 346 g/mol. The van der Waals surface area contributed by atoms with Crippen molar-refractivity contribution in [1.29, 1.82) is 0 Å². The summed E-state index contributed by atoms with van der Waals surface area (Å²) >= 11 is 0. The van der Waals surface area contributed by atoms with E-state index in [1.165, 1.54) is 0 Å². The van der Waals surface area contributed by atoms with Gasteiger partial charge in [-0.05, 0) is 0 Å². The molecule has 5 atom stereocenters. The van der Waals surface area contributed by atoms with E-state index in [0.29, 0.717) is 6.29 Å². The van der Waals surface area contributed by atoms with E-state index < -0.39 is 54.6 Å². The zero-order valence-corrected chi connectivity index (χ0v) is 13.5. The molecule has 1 saturated heterocycles. The first-order chi connectivity index (χ1) is 11.1. The Hall–Kier alpha value is -2.49. The molecule has 10 nitrogen and oxygen atoms in total. The van der Waals surface area contributed by atoms with Crippen LogP contribution >= 0.6 is 0 Å². The lowest BCUT2D eigenvalue weighted by atomic mass is 9.98.